The van der Waals surface area contributed by atoms with Crippen molar-refractivity contribution in [2.75, 3.05) is 25.2 Å². The quantitative estimate of drug-likeness (QED) is 0.310. The van der Waals surface area contributed by atoms with Gasteiger partial charge in [-0.3, -0.25) is 4.79 Å². The third kappa shape index (κ3) is 12.5. The zero-order valence-corrected chi connectivity index (χ0v) is 15.0. The van der Waals surface area contributed by atoms with E-state index >= 15 is 0 Å². The second kappa shape index (κ2) is 10.9. The van der Waals surface area contributed by atoms with Crippen LogP contribution < -0.4 is 5.32 Å². The van der Waals surface area contributed by atoms with Crippen LogP contribution in [-0.2, 0) is 23.8 Å². The van der Waals surface area contributed by atoms with Crippen molar-refractivity contribution in [2.45, 2.75) is 39.3 Å². The Labute approximate surface area is 141 Å². The summed E-state index contributed by atoms with van der Waals surface area (Å²) in [5, 5.41) is 2.49. The smallest absolute Gasteiger partial charge is 0.408 e. The molecule has 7 nitrogen and oxygen atoms in total. The second-order valence-corrected chi connectivity index (χ2v) is 6.61. The summed E-state index contributed by atoms with van der Waals surface area (Å²) in [6.45, 7) is 6.77. The fraction of sp³-hybridized carbons (Fsp3) is 0.667. The first-order chi connectivity index (χ1) is 10.7. The van der Waals surface area contributed by atoms with Crippen molar-refractivity contribution in [1.29, 1.82) is 0 Å². The van der Waals surface area contributed by atoms with Crippen LogP contribution in [0.1, 0.15) is 27.7 Å². The fourth-order valence-electron chi connectivity index (χ4n) is 1.32. The molecule has 0 spiro atoms. The molecule has 0 aromatic heterocycles. The van der Waals surface area contributed by atoms with Gasteiger partial charge in [0.1, 0.15) is 18.2 Å². The number of ether oxygens (including phenoxy) is 3. The van der Waals surface area contributed by atoms with E-state index in [1.165, 1.54) is 25.8 Å². The number of alkyl carbamates (subject to hydrolysis) is 1. The molecule has 0 aliphatic rings. The largest absolute Gasteiger partial charge is 0.467 e. The fourth-order valence-corrected chi connectivity index (χ4v) is 2.18. The molecule has 0 bridgehead atoms. The molecule has 0 saturated heterocycles. The summed E-state index contributed by atoms with van der Waals surface area (Å²) in [6.07, 6.45) is 2.86. The molecule has 0 radical (unpaired) electrons. The van der Waals surface area contributed by atoms with E-state index in [9.17, 15) is 14.4 Å². The molecule has 0 fully saturated rings. The number of rotatable bonds is 8. The number of methoxy groups -OCH3 is 1. The van der Waals surface area contributed by atoms with Crippen molar-refractivity contribution in [3.8, 4) is 0 Å². The van der Waals surface area contributed by atoms with E-state index in [0.717, 1.165) is 0 Å². The summed E-state index contributed by atoms with van der Waals surface area (Å²) in [6, 6.07) is -0.790. The molecule has 0 aliphatic carbocycles. The molecule has 0 aromatic carbocycles. The molecule has 1 atom stereocenters. The summed E-state index contributed by atoms with van der Waals surface area (Å²) in [4.78, 5) is 34.0. The zero-order chi connectivity index (χ0) is 17.9. The van der Waals surface area contributed by atoms with Crippen LogP contribution in [0.4, 0.5) is 4.79 Å². The summed E-state index contributed by atoms with van der Waals surface area (Å²) in [5.74, 6) is 0.0658. The number of hydrogen-bond acceptors (Lipinski definition) is 7. The molecular weight excluding hydrogens is 322 g/mol. The van der Waals surface area contributed by atoms with Crippen molar-refractivity contribution in [1.82, 2.24) is 5.32 Å². The van der Waals surface area contributed by atoms with Gasteiger partial charge < -0.3 is 19.5 Å². The molecule has 0 aromatic rings. The van der Waals surface area contributed by atoms with Gasteiger partial charge in [0.05, 0.1) is 7.11 Å². The highest BCUT2D eigenvalue weighted by Crippen LogP contribution is 2.09. The number of amides is 1. The van der Waals surface area contributed by atoms with Crippen LogP contribution in [0.5, 0.6) is 0 Å². The highest BCUT2D eigenvalue weighted by molar-refractivity contribution is 7.99. The Morgan fingerprint density at radius 3 is 2.39 bits per heavy atom. The van der Waals surface area contributed by atoms with Crippen LogP contribution in [0.2, 0.25) is 0 Å². The lowest BCUT2D eigenvalue weighted by Gasteiger charge is -2.22. The lowest BCUT2D eigenvalue weighted by atomic mass is 10.2. The maximum Gasteiger partial charge on any atom is 0.408 e. The Kier molecular flexibility index (Phi) is 10.1. The second-order valence-electron chi connectivity index (χ2n) is 5.53. The Morgan fingerprint density at radius 2 is 1.87 bits per heavy atom. The predicted molar refractivity (Wildman–Crippen MR) is 88.3 cm³/mol. The Bertz CT molecular complexity index is 430. The Hall–Kier alpha value is -1.70. The van der Waals surface area contributed by atoms with Gasteiger partial charge in [0.25, 0.3) is 0 Å². The van der Waals surface area contributed by atoms with Gasteiger partial charge in [-0.1, -0.05) is 12.2 Å². The van der Waals surface area contributed by atoms with Crippen LogP contribution in [0.3, 0.4) is 0 Å². The van der Waals surface area contributed by atoms with E-state index in [1.54, 1.807) is 26.8 Å². The van der Waals surface area contributed by atoms with E-state index in [0.29, 0.717) is 11.5 Å². The first kappa shape index (κ1) is 21.3. The molecular formula is C15H25NO6S. The average molecular weight is 347 g/mol. The van der Waals surface area contributed by atoms with Crippen LogP contribution in [-0.4, -0.2) is 54.9 Å². The van der Waals surface area contributed by atoms with Crippen molar-refractivity contribution in [2.24, 2.45) is 0 Å². The van der Waals surface area contributed by atoms with Crippen molar-refractivity contribution in [3.63, 3.8) is 0 Å². The maximum atomic E-state index is 11.7. The van der Waals surface area contributed by atoms with Gasteiger partial charge in [-0.2, -0.15) is 11.8 Å². The standard InChI is InChI=1S/C15H25NO6S/c1-11(17)21-8-6-7-9-23-10-12(13(18)20-5)16-14(19)22-15(2,3)4/h6-7,12H,8-10H2,1-5H3,(H,16,19)/b7-6-/t12-/m0/s1. The topological polar surface area (TPSA) is 90.9 Å². The zero-order valence-electron chi connectivity index (χ0n) is 14.2. The molecule has 0 saturated carbocycles. The number of carbonyl (C=O) groups is 3. The summed E-state index contributed by atoms with van der Waals surface area (Å²) >= 11 is 1.43. The van der Waals surface area contributed by atoms with E-state index in [2.05, 4.69) is 10.1 Å². The Balaban J connectivity index is 4.23. The first-order valence-corrected chi connectivity index (χ1v) is 8.24. The molecule has 23 heavy (non-hydrogen) atoms. The van der Waals surface area contributed by atoms with E-state index in [4.69, 9.17) is 9.47 Å². The molecule has 0 unspecified atom stereocenters. The normalized spacial score (nSPS) is 12.6. The lowest BCUT2D eigenvalue weighted by Crippen LogP contribution is -2.45. The number of nitrogens with one attached hydrogen (secondary N) is 1. The van der Waals surface area contributed by atoms with Gasteiger partial charge in [0, 0.05) is 18.4 Å². The molecule has 8 heteroatoms. The van der Waals surface area contributed by atoms with Gasteiger partial charge in [-0.25, -0.2) is 9.59 Å². The van der Waals surface area contributed by atoms with Gasteiger partial charge in [-0.15, -0.1) is 0 Å². The van der Waals surface area contributed by atoms with Gasteiger partial charge in [-0.05, 0) is 20.8 Å². The van der Waals surface area contributed by atoms with Crippen LogP contribution in [0, 0.1) is 0 Å². The summed E-state index contributed by atoms with van der Waals surface area (Å²) in [5.41, 5.74) is -0.642. The molecule has 132 valence electrons. The minimum absolute atomic E-state index is 0.215. The van der Waals surface area contributed by atoms with Crippen molar-refractivity contribution >= 4 is 29.8 Å². The number of esters is 2. The highest BCUT2D eigenvalue weighted by atomic mass is 32.2. The monoisotopic (exact) mass is 347 g/mol. The average Bonchev–Trinajstić information content (AvgIpc) is 2.41. The number of carbonyl (C=O) groups excluding carboxylic acids is 3. The Morgan fingerprint density at radius 1 is 1.22 bits per heavy atom. The van der Waals surface area contributed by atoms with Crippen molar-refractivity contribution < 1.29 is 28.6 Å². The lowest BCUT2D eigenvalue weighted by molar-refractivity contribution is -0.142. The van der Waals surface area contributed by atoms with Gasteiger partial charge >= 0.3 is 18.0 Å². The van der Waals surface area contributed by atoms with Crippen LogP contribution in [0.25, 0.3) is 0 Å². The predicted octanol–water partition coefficient (Wildman–Crippen LogP) is 1.91. The van der Waals surface area contributed by atoms with Gasteiger partial charge in [0.2, 0.25) is 0 Å². The molecule has 1 N–H and O–H groups in total. The van der Waals surface area contributed by atoms with Gasteiger partial charge in [0.15, 0.2) is 0 Å². The van der Waals surface area contributed by atoms with E-state index in [-0.39, 0.29) is 12.6 Å². The molecule has 0 aliphatic heterocycles. The summed E-state index contributed by atoms with van der Waals surface area (Å²) in [7, 11) is 1.26. The third-order valence-corrected chi connectivity index (χ3v) is 3.22. The maximum absolute atomic E-state index is 11.7. The number of thioether (sulfide) groups is 1. The first-order valence-electron chi connectivity index (χ1n) is 7.09. The van der Waals surface area contributed by atoms with E-state index < -0.39 is 23.7 Å². The highest BCUT2D eigenvalue weighted by Gasteiger charge is 2.24. The number of hydrogen-bond donors (Lipinski definition) is 1. The molecule has 1 amide bonds. The minimum Gasteiger partial charge on any atom is -0.467 e. The molecule has 0 rings (SSSR count). The molecule has 0 heterocycles. The minimum atomic E-state index is -0.790. The van der Waals surface area contributed by atoms with Crippen LogP contribution >= 0.6 is 11.8 Å². The summed E-state index contributed by atoms with van der Waals surface area (Å²) < 4.78 is 14.5. The van der Waals surface area contributed by atoms with Crippen LogP contribution in [0.15, 0.2) is 12.2 Å². The van der Waals surface area contributed by atoms with E-state index in [1.807, 2.05) is 6.08 Å². The van der Waals surface area contributed by atoms with Crippen molar-refractivity contribution in [3.05, 3.63) is 12.2 Å². The SMILES string of the molecule is COC(=O)[C@H](CSC/C=C\COC(C)=O)NC(=O)OC(C)(C)C. The third-order valence-electron chi connectivity index (χ3n) is 2.22.